The molecule has 0 amide bonds. The van der Waals surface area contributed by atoms with Gasteiger partial charge < -0.3 is 10.5 Å². The number of hydrogen-bond acceptors (Lipinski definition) is 2. The van der Waals surface area contributed by atoms with E-state index in [9.17, 15) is 0 Å². The standard InChI is InChI=1S/C11H14ClNO/c1-14-8-2-3-9(10(12)6-8)11(7-13)4-5-11/h2-3,6H,4-5,7,13H2,1H3. The average Bonchev–Trinajstić information content (AvgIpc) is 2.98. The summed E-state index contributed by atoms with van der Waals surface area (Å²) in [6.45, 7) is 0.680. The number of hydrogen-bond donors (Lipinski definition) is 1. The highest BCUT2D eigenvalue weighted by Gasteiger charge is 2.44. The fourth-order valence-corrected chi connectivity index (χ4v) is 2.16. The summed E-state index contributed by atoms with van der Waals surface area (Å²) < 4.78 is 5.10. The Balaban J connectivity index is 2.36. The fourth-order valence-electron chi connectivity index (χ4n) is 1.79. The van der Waals surface area contributed by atoms with Gasteiger partial charge in [-0.05, 0) is 30.5 Å². The van der Waals surface area contributed by atoms with E-state index in [-0.39, 0.29) is 5.41 Å². The molecule has 1 saturated carbocycles. The van der Waals surface area contributed by atoms with Gasteiger partial charge in [-0.15, -0.1) is 0 Å². The number of nitrogens with two attached hydrogens (primary N) is 1. The fraction of sp³-hybridized carbons (Fsp3) is 0.455. The lowest BCUT2D eigenvalue weighted by atomic mass is 9.96. The Morgan fingerprint density at radius 2 is 2.21 bits per heavy atom. The van der Waals surface area contributed by atoms with Gasteiger partial charge in [0.25, 0.3) is 0 Å². The Kier molecular flexibility index (Phi) is 2.41. The van der Waals surface area contributed by atoms with E-state index in [0.29, 0.717) is 6.54 Å². The van der Waals surface area contributed by atoms with Crippen molar-refractivity contribution in [2.75, 3.05) is 13.7 Å². The first-order valence-electron chi connectivity index (χ1n) is 4.76. The summed E-state index contributed by atoms with van der Waals surface area (Å²) >= 11 is 6.18. The molecular weight excluding hydrogens is 198 g/mol. The summed E-state index contributed by atoms with van der Waals surface area (Å²) in [6, 6.07) is 5.82. The molecule has 1 aliphatic carbocycles. The molecule has 2 rings (SSSR count). The van der Waals surface area contributed by atoms with Crippen LogP contribution in [0.4, 0.5) is 0 Å². The molecular formula is C11H14ClNO. The van der Waals surface area contributed by atoms with E-state index in [1.165, 1.54) is 5.56 Å². The molecule has 0 radical (unpaired) electrons. The van der Waals surface area contributed by atoms with Crippen molar-refractivity contribution in [3.63, 3.8) is 0 Å². The molecule has 0 unspecified atom stereocenters. The summed E-state index contributed by atoms with van der Waals surface area (Å²) in [4.78, 5) is 0. The maximum absolute atomic E-state index is 6.18. The van der Waals surface area contributed by atoms with Gasteiger partial charge >= 0.3 is 0 Å². The van der Waals surface area contributed by atoms with Gasteiger partial charge in [-0.2, -0.15) is 0 Å². The Bertz CT molecular complexity index is 347. The first kappa shape index (κ1) is 9.81. The van der Waals surface area contributed by atoms with Crippen molar-refractivity contribution in [1.29, 1.82) is 0 Å². The van der Waals surface area contributed by atoms with E-state index < -0.39 is 0 Å². The third-order valence-electron chi connectivity index (χ3n) is 2.99. The second-order valence-electron chi connectivity index (χ2n) is 3.83. The number of rotatable bonds is 3. The second kappa shape index (κ2) is 3.44. The third kappa shape index (κ3) is 1.49. The molecule has 14 heavy (non-hydrogen) atoms. The van der Waals surface area contributed by atoms with E-state index in [0.717, 1.165) is 23.6 Å². The molecule has 1 fully saturated rings. The molecule has 0 heterocycles. The molecule has 0 aromatic heterocycles. The summed E-state index contributed by atoms with van der Waals surface area (Å²) in [6.07, 6.45) is 2.30. The Hall–Kier alpha value is -0.730. The van der Waals surface area contributed by atoms with E-state index in [1.54, 1.807) is 7.11 Å². The van der Waals surface area contributed by atoms with Gasteiger partial charge in [0.2, 0.25) is 0 Å². The highest BCUT2D eigenvalue weighted by atomic mass is 35.5. The quantitative estimate of drug-likeness (QED) is 0.833. The normalized spacial score (nSPS) is 17.9. The topological polar surface area (TPSA) is 35.2 Å². The van der Waals surface area contributed by atoms with Crippen LogP contribution in [0.15, 0.2) is 18.2 Å². The Labute approximate surface area is 89.0 Å². The highest BCUT2D eigenvalue weighted by Crippen LogP contribution is 2.49. The minimum atomic E-state index is 0.156. The van der Waals surface area contributed by atoms with E-state index in [2.05, 4.69) is 0 Å². The molecule has 2 nitrogen and oxygen atoms in total. The highest BCUT2D eigenvalue weighted by molar-refractivity contribution is 6.31. The SMILES string of the molecule is COc1ccc(C2(CN)CC2)c(Cl)c1. The molecule has 1 aromatic carbocycles. The molecule has 0 aliphatic heterocycles. The van der Waals surface area contributed by atoms with Crippen molar-refractivity contribution < 1.29 is 4.74 Å². The van der Waals surface area contributed by atoms with Gasteiger partial charge in [0.15, 0.2) is 0 Å². The summed E-state index contributed by atoms with van der Waals surface area (Å²) in [7, 11) is 1.64. The summed E-state index contributed by atoms with van der Waals surface area (Å²) in [5.41, 5.74) is 7.08. The molecule has 76 valence electrons. The third-order valence-corrected chi connectivity index (χ3v) is 3.30. The largest absolute Gasteiger partial charge is 0.497 e. The van der Waals surface area contributed by atoms with E-state index in [1.807, 2.05) is 18.2 Å². The van der Waals surface area contributed by atoms with Crippen LogP contribution in [0.5, 0.6) is 5.75 Å². The summed E-state index contributed by atoms with van der Waals surface area (Å²) in [5, 5.41) is 0.771. The van der Waals surface area contributed by atoms with E-state index >= 15 is 0 Å². The van der Waals surface area contributed by atoms with Gasteiger partial charge in [0, 0.05) is 17.0 Å². The first-order valence-corrected chi connectivity index (χ1v) is 5.14. The van der Waals surface area contributed by atoms with Crippen molar-refractivity contribution in [3.05, 3.63) is 28.8 Å². The van der Waals surface area contributed by atoms with Gasteiger partial charge in [-0.25, -0.2) is 0 Å². The molecule has 1 aliphatic rings. The minimum absolute atomic E-state index is 0.156. The lowest BCUT2D eigenvalue weighted by Crippen LogP contribution is -2.20. The van der Waals surface area contributed by atoms with Crippen LogP contribution in [0, 0.1) is 0 Å². The average molecular weight is 212 g/mol. The molecule has 1 aromatic rings. The van der Waals surface area contributed by atoms with Crippen molar-refractivity contribution in [3.8, 4) is 5.75 Å². The van der Waals surface area contributed by atoms with Crippen LogP contribution < -0.4 is 10.5 Å². The number of halogens is 1. The van der Waals surface area contributed by atoms with Crippen LogP contribution in [0.3, 0.4) is 0 Å². The van der Waals surface area contributed by atoms with Crippen molar-refractivity contribution in [2.45, 2.75) is 18.3 Å². The zero-order chi connectivity index (χ0) is 10.2. The van der Waals surface area contributed by atoms with Gasteiger partial charge in [0.1, 0.15) is 5.75 Å². The summed E-state index contributed by atoms with van der Waals surface area (Å²) in [5.74, 6) is 0.798. The number of methoxy groups -OCH3 is 1. The smallest absolute Gasteiger partial charge is 0.120 e. The predicted octanol–water partition coefficient (Wildman–Crippen LogP) is 2.34. The number of benzene rings is 1. The van der Waals surface area contributed by atoms with Crippen LogP contribution in [0.1, 0.15) is 18.4 Å². The van der Waals surface area contributed by atoms with Crippen molar-refractivity contribution in [2.24, 2.45) is 5.73 Å². The van der Waals surface area contributed by atoms with Crippen LogP contribution in [-0.4, -0.2) is 13.7 Å². The second-order valence-corrected chi connectivity index (χ2v) is 4.24. The Morgan fingerprint density at radius 1 is 1.50 bits per heavy atom. The minimum Gasteiger partial charge on any atom is -0.497 e. The molecule has 3 heteroatoms. The van der Waals surface area contributed by atoms with Crippen LogP contribution in [-0.2, 0) is 5.41 Å². The van der Waals surface area contributed by atoms with Crippen LogP contribution >= 0.6 is 11.6 Å². The predicted molar refractivity (Wildman–Crippen MR) is 58.0 cm³/mol. The Morgan fingerprint density at radius 3 is 2.64 bits per heavy atom. The molecule has 0 bridgehead atoms. The first-order chi connectivity index (χ1) is 6.72. The maximum Gasteiger partial charge on any atom is 0.120 e. The van der Waals surface area contributed by atoms with Crippen molar-refractivity contribution >= 4 is 11.6 Å². The zero-order valence-electron chi connectivity index (χ0n) is 8.22. The lowest BCUT2D eigenvalue weighted by molar-refractivity contribution is 0.414. The molecule has 2 N–H and O–H groups in total. The van der Waals surface area contributed by atoms with Crippen LogP contribution in [0.25, 0.3) is 0 Å². The monoisotopic (exact) mass is 211 g/mol. The number of ether oxygens (including phenoxy) is 1. The van der Waals surface area contributed by atoms with Crippen LogP contribution in [0.2, 0.25) is 5.02 Å². The van der Waals surface area contributed by atoms with Gasteiger partial charge in [-0.1, -0.05) is 17.7 Å². The zero-order valence-corrected chi connectivity index (χ0v) is 8.97. The molecule has 0 atom stereocenters. The maximum atomic E-state index is 6.18. The van der Waals surface area contributed by atoms with E-state index in [4.69, 9.17) is 22.1 Å². The van der Waals surface area contributed by atoms with Crippen molar-refractivity contribution in [1.82, 2.24) is 0 Å². The molecule has 0 saturated heterocycles. The molecule has 0 spiro atoms. The lowest BCUT2D eigenvalue weighted by Gasteiger charge is -2.15. The van der Waals surface area contributed by atoms with Gasteiger partial charge in [-0.3, -0.25) is 0 Å². The van der Waals surface area contributed by atoms with Gasteiger partial charge in [0.05, 0.1) is 7.11 Å².